The highest BCUT2D eigenvalue weighted by atomic mass is 32.1. The number of rotatable bonds is 5. The van der Waals surface area contributed by atoms with Crippen LogP contribution < -0.4 is 15.1 Å². The van der Waals surface area contributed by atoms with Gasteiger partial charge < -0.3 is 15.1 Å². The van der Waals surface area contributed by atoms with Gasteiger partial charge in [0.15, 0.2) is 0 Å². The van der Waals surface area contributed by atoms with Gasteiger partial charge in [-0.2, -0.15) is 0 Å². The summed E-state index contributed by atoms with van der Waals surface area (Å²) in [7, 11) is 0. The van der Waals surface area contributed by atoms with Crippen molar-refractivity contribution in [1.82, 2.24) is 5.32 Å². The Hall–Kier alpha value is -2.67. The molecule has 1 saturated heterocycles. The van der Waals surface area contributed by atoms with Gasteiger partial charge in [-0.3, -0.25) is 14.4 Å². The standard InChI is InChI=1S/C22H23N3O3S/c26-20-11-16(21(27)23-12-18-2-1-9-29-18)13-25(20)17-5-6-19-15(10-17)7-8-24(19)22(28)14-3-4-14/h1-2,5-6,9-10,14,16H,3-4,7-8,11-13H2,(H,23,27)/t16-/m1/s1. The van der Waals surface area contributed by atoms with Crippen molar-refractivity contribution in [2.24, 2.45) is 11.8 Å². The number of hydrogen-bond donors (Lipinski definition) is 1. The van der Waals surface area contributed by atoms with Crippen molar-refractivity contribution in [2.45, 2.75) is 32.2 Å². The number of nitrogens with zero attached hydrogens (tertiary/aromatic N) is 2. The van der Waals surface area contributed by atoms with Crippen LogP contribution in [0, 0.1) is 11.8 Å². The van der Waals surface area contributed by atoms with E-state index in [2.05, 4.69) is 5.32 Å². The molecule has 1 aromatic carbocycles. The van der Waals surface area contributed by atoms with Crippen LogP contribution in [-0.4, -0.2) is 30.8 Å². The molecule has 1 atom stereocenters. The van der Waals surface area contributed by atoms with Gasteiger partial charge in [-0.05, 0) is 54.5 Å². The molecule has 2 fully saturated rings. The van der Waals surface area contributed by atoms with Crippen molar-refractivity contribution >= 4 is 40.4 Å². The highest BCUT2D eigenvalue weighted by Crippen LogP contribution is 2.38. The summed E-state index contributed by atoms with van der Waals surface area (Å²) in [5.74, 6) is 0.0101. The van der Waals surface area contributed by atoms with Crippen molar-refractivity contribution in [3.63, 3.8) is 0 Å². The first-order chi connectivity index (χ1) is 14.1. The molecule has 0 spiro atoms. The number of carbonyl (C=O) groups excluding carboxylic acids is 3. The summed E-state index contributed by atoms with van der Waals surface area (Å²) in [5, 5.41) is 4.93. The van der Waals surface area contributed by atoms with E-state index in [1.165, 1.54) is 0 Å². The number of thiophene rings is 1. The maximum atomic E-state index is 12.6. The zero-order chi connectivity index (χ0) is 20.0. The predicted octanol–water partition coefficient (Wildman–Crippen LogP) is 2.72. The van der Waals surface area contributed by atoms with Crippen LogP contribution in [0.15, 0.2) is 35.7 Å². The molecule has 2 aliphatic heterocycles. The van der Waals surface area contributed by atoms with Gasteiger partial charge in [0.1, 0.15) is 0 Å². The van der Waals surface area contributed by atoms with Crippen molar-refractivity contribution in [2.75, 3.05) is 22.9 Å². The third-order valence-corrected chi connectivity index (χ3v) is 6.85. The Morgan fingerprint density at radius 3 is 2.79 bits per heavy atom. The van der Waals surface area contributed by atoms with Crippen LogP contribution in [-0.2, 0) is 27.3 Å². The molecule has 1 saturated carbocycles. The largest absolute Gasteiger partial charge is 0.351 e. The predicted molar refractivity (Wildman–Crippen MR) is 112 cm³/mol. The number of anilines is 2. The Balaban J connectivity index is 1.26. The highest BCUT2D eigenvalue weighted by Gasteiger charge is 2.38. The van der Waals surface area contributed by atoms with E-state index >= 15 is 0 Å². The fourth-order valence-electron chi connectivity index (χ4n) is 4.20. The van der Waals surface area contributed by atoms with Crippen LogP contribution in [0.3, 0.4) is 0 Å². The van der Waals surface area contributed by atoms with Crippen LogP contribution in [0.5, 0.6) is 0 Å². The molecule has 0 radical (unpaired) electrons. The lowest BCUT2D eigenvalue weighted by Gasteiger charge is -2.20. The molecule has 6 nitrogen and oxygen atoms in total. The molecular weight excluding hydrogens is 386 g/mol. The van der Waals surface area contributed by atoms with E-state index in [4.69, 9.17) is 0 Å². The topological polar surface area (TPSA) is 69.7 Å². The van der Waals surface area contributed by atoms with Crippen LogP contribution >= 0.6 is 11.3 Å². The van der Waals surface area contributed by atoms with Crippen molar-refractivity contribution in [3.05, 3.63) is 46.2 Å². The molecule has 1 N–H and O–H groups in total. The quantitative estimate of drug-likeness (QED) is 0.826. The smallest absolute Gasteiger partial charge is 0.230 e. The van der Waals surface area contributed by atoms with Gasteiger partial charge in [0, 0.05) is 41.7 Å². The van der Waals surface area contributed by atoms with Crippen LogP contribution in [0.1, 0.15) is 29.7 Å². The third kappa shape index (κ3) is 3.55. The zero-order valence-corrected chi connectivity index (χ0v) is 16.9. The second-order valence-corrected chi connectivity index (χ2v) is 9.06. The molecule has 7 heteroatoms. The first kappa shape index (κ1) is 18.4. The van der Waals surface area contributed by atoms with Crippen molar-refractivity contribution < 1.29 is 14.4 Å². The first-order valence-electron chi connectivity index (χ1n) is 10.1. The number of nitrogens with one attached hydrogen (secondary N) is 1. The van der Waals surface area contributed by atoms with E-state index < -0.39 is 0 Å². The fraction of sp³-hybridized carbons (Fsp3) is 0.409. The van der Waals surface area contributed by atoms with Crippen molar-refractivity contribution in [3.8, 4) is 0 Å². The number of fused-ring (bicyclic) bond motifs is 1. The van der Waals surface area contributed by atoms with Gasteiger partial charge >= 0.3 is 0 Å². The van der Waals surface area contributed by atoms with E-state index in [0.717, 1.165) is 47.6 Å². The number of carbonyl (C=O) groups is 3. The van der Waals surface area contributed by atoms with Gasteiger partial charge in [0.2, 0.25) is 17.7 Å². The molecule has 3 heterocycles. The second kappa shape index (κ2) is 7.30. The maximum Gasteiger partial charge on any atom is 0.230 e. The van der Waals surface area contributed by atoms with Gasteiger partial charge in [0.25, 0.3) is 0 Å². The van der Waals surface area contributed by atoms with E-state index in [1.807, 2.05) is 40.6 Å². The van der Waals surface area contributed by atoms with E-state index in [1.54, 1.807) is 16.2 Å². The molecule has 0 bridgehead atoms. The summed E-state index contributed by atoms with van der Waals surface area (Å²) in [4.78, 5) is 42.2. The third-order valence-electron chi connectivity index (χ3n) is 5.98. The average Bonchev–Trinajstić information content (AvgIpc) is 3.12. The molecular formula is C22H23N3O3S. The molecule has 1 aliphatic carbocycles. The van der Waals surface area contributed by atoms with Crippen LogP contribution in [0.4, 0.5) is 11.4 Å². The summed E-state index contributed by atoms with van der Waals surface area (Å²) in [6, 6.07) is 9.81. The van der Waals surface area contributed by atoms with Gasteiger partial charge in [-0.15, -0.1) is 11.3 Å². The van der Waals surface area contributed by atoms with E-state index in [9.17, 15) is 14.4 Å². The number of benzene rings is 1. The number of hydrogen-bond acceptors (Lipinski definition) is 4. The Morgan fingerprint density at radius 1 is 1.17 bits per heavy atom. The first-order valence-corrected chi connectivity index (χ1v) is 11.0. The molecule has 29 heavy (non-hydrogen) atoms. The second-order valence-electron chi connectivity index (χ2n) is 8.03. The molecule has 0 unspecified atom stereocenters. The molecule has 2 aromatic rings. The fourth-order valence-corrected chi connectivity index (χ4v) is 4.84. The summed E-state index contributed by atoms with van der Waals surface area (Å²) in [6.07, 6.45) is 3.05. The molecule has 5 rings (SSSR count). The summed E-state index contributed by atoms with van der Waals surface area (Å²) in [6.45, 7) is 1.62. The minimum absolute atomic E-state index is 0.0230. The molecule has 3 aliphatic rings. The Labute approximate surface area is 173 Å². The van der Waals surface area contributed by atoms with Crippen molar-refractivity contribution in [1.29, 1.82) is 0 Å². The minimum atomic E-state index is -0.330. The summed E-state index contributed by atoms with van der Waals surface area (Å²) < 4.78 is 0. The van der Waals surface area contributed by atoms with Crippen LogP contribution in [0.25, 0.3) is 0 Å². The Bertz CT molecular complexity index is 968. The Kier molecular flexibility index (Phi) is 4.62. The SMILES string of the molecule is O=C(NCc1cccs1)[C@@H]1CC(=O)N(c2ccc3c(c2)CCN3C(=O)C2CC2)C1. The lowest BCUT2D eigenvalue weighted by molar-refractivity contribution is -0.126. The summed E-state index contributed by atoms with van der Waals surface area (Å²) in [5.41, 5.74) is 2.90. The van der Waals surface area contributed by atoms with Crippen LogP contribution in [0.2, 0.25) is 0 Å². The molecule has 150 valence electrons. The average molecular weight is 410 g/mol. The Morgan fingerprint density at radius 2 is 2.03 bits per heavy atom. The van der Waals surface area contributed by atoms with Gasteiger partial charge in [-0.25, -0.2) is 0 Å². The molecule has 1 aromatic heterocycles. The van der Waals surface area contributed by atoms with Gasteiger partial charge in [0.05, 0.1) is 12.5 Å². The normalized spacial score (nSPS) is 20.8. The summed E-state index contributed by atoms with van der Waals surface area (Å²) >= 11 is 1.60. The van der Waals surface area contributed by atoms with E-state index in [0.29, 0.717) is 13.1 Å². The lowest BCUT2D eigenvalue weighted by Crippen LogP contribution is -2.32. The number of amides is 3. The minimum Gasteiger partial charge on any atom is -0.351 e. The maximum absolute atomic E-state index is 12.6. The van der Waals surface area contributed by atoms with Gasteiger partial charge in [-0.1, -0.05) is 6.07 Å². The molecule has 3 amide bonds. The highest BCUT2D eigenvalue weighted by molar-refractivity contribution is 7.09. The lowest BCUT2D eigenvalue weighted by atomic mass is 10.1. The van der Waals surface area contributed by atoms with E-state index in [-0.39, 0.29) is 36.0 Å². The monoisotopic (exact) mass is 409 g/mol. The zero-order valence-electron chi connectivity index (χ0n) is 16.1.